The summed E-state index contributed by atoms with van der Waals surface area (Å²) >= 11 is 6.95. The lowest BCUT2D eigenvalue weighted by molar-refractivity contribution is 0.341. The van der Waals surface area contributed by atoms with Gasteiger partial charge in [-0.15, -0.1) is 11.3 Å². The Morgan fingerprint density at radius 3 is 2.76 bits per heavy atom. The van der Waals surface area contributed by atoms with Crippen LogP contribution in [0.5, 0.6) is 5.75 Å². The topological polar surface area (TPSA) is 22.1 Å². The number of thioether (sulfide) groups is 1. The zero-order valence-corrected chi connectivity index (χ0v) is 14.7. The van der Waals surface area contributed by atoms with Crippen molar-refractivity contribution >= 4 is 49.2 Å². The molecule has 0 atom stereocenters. The van der Waals surface area contributed by atoms with E-state index in [4.69, 9.17) is 4.74 Å². The van der Waals surface area contributed by atoms with Crippen molar-refractivity contribution in [2.75, 3.05) is 6.61 Å². The Morgan fingerprint density at radius 1 is 1.19 bits per heavy atom. The van der Waals surface area contributed by atoms with Crippen LogP contribution in [0.2, 0.25) is 0 Å². The Bertz CT molecular complexity index is 740. The molecule has 0 amide bonds. The summed E-state index contributed by atoms with van der Waals surface area (Å²) in [6, 6.07) is 14.5. The Labute approximate surface area is 140 Å². The van der Waals surface area contributed by atoms with Crippen molar-refractivity contribution in [3.63, 3.8) is 0 Å². The molecule has 0 N–H and O–H groups in total. The van der Waals surface area contributed by atoms with Crippen LogP contribution in [0.4, 0.5) is 0 Å². The van der Waals surface area contributed by atoms with Crippen LogP contribution < -0.4 is 4.74 Å². The maximum Gasteiger partial charge on any atom is 0.151 e. The number of nitrogens with zero attached hydrogens (tertiary/aromatic N) is 1. The third-order valence-corrected chi connectivity index (χ3v) is 5.69. The minimum Gasteiger partial charge on any atom is -0.494 e. The molecule has 0 fully saturated rings. The van der Waals surface area contributed by atoms with Gasteiger partial charge in [-0.2, -0.15) is 0 Å². The van der Waals surface area contributed by atoms with Crippen LogP contribution in [-0.2, 0) is 5.75 Å². The summed E-state index contributed by atoms with van der Waals surface area (Å²) in [6.45, 7) is 2.69. The highest BCUT2D eigenvalue weighted by Crippen LogP contribution is 2.33. The molecule has 0 unspecified atom stereocenters. The van der Waals surface area contributed by atoms with Crippen molar-refractivity contribution in [2.24, 2.45) is 0 Å². The third kappa shape index (κ3) is 3.78. The fourth-order valence-electron chi connectivity index (χ4n) is 1.93. The molecule has 0 aliphatic rings. The number of thiazole rings is 1. The number of benzene rings is 2. The summed E-state index contributed by atoms with van der Waals surface area (Å²) < 4.78 is 8.92. The van der Waals surface area contributed by atoms with Gasteiger partial charge in [-0.3, -0.25) is 0 Å². The SMILES string of the molecule is CCOc1ccc2nc(SCc3ccc(Br)cc3)sc2c1. The summed E-state index contributed by atoms with van der Waals surface area (Å²) in [5, 5.41) is 0. The van der Waals surface area contributed by atoms with E-state index in [1.807, 2.05) is 19.1 Å². The van der Waals surface area contributed by atoms with E-state index in [0.29, 0.717) is 6.61 Å². The molecular formula is C16H14BrNOS2. The first-order valence-electron chi connectivity index (χ1n) is 6.65. The highest BCUT2D eigenvalue weighted by molar-refractivity contribution is 9.10. The number of hydrogen-bond acceptors (Lipinski definition) is 4. The molecule has 0 spiro atoms. The maximum absolute atomic E-state index is 5.53. The Kier molecular flexibility index (Phi) is 4.83. The highest BCUT2D eigenvalue weighted by atomic mass is 79.9. The molecule has 0 saturated carbocycles. The van der Waals surface area contributed by atoms with Gasteiger partial charge in [-0.1, -0.05) is 39.8 Å². The molecule has 5 heteroatoms. The molecule has 2 nitrogen and oxygen atoms in total. The molecule has 2 aromatic carbocycles. The summed E-state index contributed by atoms with van der Waals surface area (Å²) in [5.74, 6) is 1.85. The predicted octanol–water partition coefficient (Wildman–Crippen LogP) is 5.75. The van der Waals surface area contributed by atoms with Gasteiger partial charge in [0.15, 0.2) is 4.34 Å². The predicted molar refractivity (Wildman–Crippen MR) is 94.5 cm³/mol. The van der Waals surface area contributed by atoms with Crippen LogP contribution in [0.25, 0.3) is 10.2 Å². The summed E-state index contributed by atoms with van der Waals surface area (Å²) in [6.07, 6.45) is 0. The van der Waals surface area contributed by atoms with Gasteiger partial charge in [0.2, 0.25) is 0 Å². The number of hydrogen-bond donors (Lipinski definition) is 0. The minimum absolute atomic E-state index is 0.690. The standard InChI is InChI=1S/C16H14BrNOS2/c1-2-19-13-7-8-14-15(9-13)21-16(18-14)20-10-11-3-5-12(17)6-4-11/h3-9H,2,10H2,1H3. The van der Waals surface area contributed by atoms with Crippen molar-refractivity contribution in [1.29, 1.82) is 0 Å². The zero-order valence-electron chi connectivity index (χ0n) is 11.5. The van der Waals surface area contributed by atoms with Crippen LogP contribution >= 0.6 is 39.0 Å². The van der Waals surface area contributed by atoms with Crippen molar-refractivity contribution in [1.82, 2.24) is 4.98 Å². The van der Waals surface area contributed by atoms with Crippen molar-refractivity contribution in [2.45, 2.75) is 17.0 Å². The van der Waals surface area contributed by atoms with Gasteiger partial charge in [-0.25, -0.2) is 4.98 Å². The highest BCUT2D eigenvalue weighted by Gasteiger charge is 2.06. The minimum atomic E-state index is 0.690. The number of aromatic nitrogens is 1. The fourth-order valence-corrected chi connectivity index (χ4v) is 4.24. The molecule has 0 radical (unpaired) electrons. The molecule has 0 aliphatic heterocycles. The normalized spacial score (nSPS) is 11.0. The van der Waals surface area contributed by atoms with Gasteiger partial charge >= 0.3 is 0 Å². The Hall–Kier alpha value is -1.04. The average molecular weight is 380 g/mol. The number of ether oxygens (including phenoxy) is 1. The number of halogens is 1. The van der Waals surface area contributed by atoms with E-state index < -0.39 is 0 Å². The summed E-state index contributed by atoms with van der Waals surface area (Å²) in [4.78, 5) is 4.66. The zero-order chi connectivity index (χ0) is 14.7. The second-order valence-corrected chi connectivity index (χ2v) is 7.63. The molecule has 3 aromatic rings. The summed E-state index contributed by atoms with van der Waals surface area (Å²) in [5.41, 5.74) is 2.35. The largest absolute Gasteiger partial charge is 0.494 e. The van der Waals surface area contributed by atoms with E-state index in [0.717, 1.165) is 25.8 Å². The van der Waals surface area contributed by atoms with Crippen LogP contribution in [0.1, 0.15) is 12.5 Å². The van der Waals surface area contributed by atoms with Crippen LogP contribution in [0.3, 0.4) is 0 Å². The van der Waals surface area contributed by atoms with E-state index in [9.17, 15) is 0 Å². The van der Waals surface area contributed by atoms with Crippen molar-refractivity contribution in [3.05, 3.63) is 52.5 Å². The van der Waals surface area contributed by atoms with Gasteiger partial charge in [0, 0.05) is 10.2 Å². The Morgan fingerprint density at radius 2 is 2.00 bits per heavy atom. The van der Waals surface area contributed by atoms with Gasteiger partial charge in [0.25, 0.3) is 0 Å². The molecule has 1 heterocycles. The van der Waals surface area contributed by atoms with E-state index in [2.05, 4.69) is 51.2 Å². The molecule has 0 aliphatic carbocycles. The first-order valence-corrected chi connectivity index (χ1v) is 9.25. The van der Waals surface area contributed by atoms with Gasteiger partial charge < -0.3 is 4.74 Å². The van der Waals surface area contributed by atoms with E-state index >= 15 is 0 Å². The fraction of sp³-hybridized carbons (Fsp3) is 0.188. The summed E-state index contributed by atoms with van der Waals surface area (Å²) in [7, 11) is 0. The van der Waals surface area contributed by atoms with Crippen molar-refractivity contribution in [3.8, 4) is 5.75 Å². The second kappa shape index (κ2) is 6.81. The first-order chi connectivity index (χ1) is 10.2. The number of rotatable bonds is 5. The molecule has 3 rings (SSSR count). The monoisotopic (exact) mass is 379 g/mol. The smallest absolute Gasteiger partial charge is 0.151 e. The molecule has 0 saturated heterocycles. The van der Waals surface area contributed by atoms with Crippen LogP contribution in [0.15, 0.2) is 51.3 Å². The third-order valence-electron chi connectivity index (χ3n) is 2.93. The van der Waals surface area contributed by atoms with Gasteiger partial charge in [0.05, 0.1) is 16.8 Å². The molecule has 1 aromatic heterocycles. The van der Waals surface area contributed by atoms with Gasteiger partial charge in [0.1, 0.15) is 5.75 Å². The second-order valence-electron chi connectivity index (χ2n) is 4.46. The van der Waals surface area contributed by atoms with Gasteiger partial charge in [-0.05, 0) is 42.8 Å². The lowest BCUT2D eigenvalue weighted by Gasteiger charge is -2.00. The van der Waals surface area contributed by atoms with Crippen molar-refractivity contribution < 1.29 is 4.74 Å². The Balaban J connectivity index is 1.73. The van der Waals surface area contributed by atoms with E-state index in [-0.39, 0.29) is 0 Å². The van der Waals surface area contributed by atoms with E-state index in [1.54, 1.807) is 23.1 Å². The number of fused-ring (bicyclic) bond motifs is 1. The lowest BCUT2D eigenvalue weighted by atomic mass is 10.2. The lowest BCUT2D eigenvalue weighted by Crippen LogP contribution is -1.89. The quantitative estimate of drug-likeness (QED) is 0.526. The molecule has 108 valence electrons. The molecular weight excluding hydrogens is 366 g/mol. The van der Waals surface area contributed by atoms with Crippen LogP contribution in [-0.4, -0.2) is 11.6 Å². The molecule has 21 heavy (non-hydrogen) atoms. The molecule has 0 bridgehead atoms. The average Bonchev–Trinajstić information content (AvgIpc) is 2.89. The van der Waals surface area contributed by atoms with E-state index in [1.165, 1.54) is 10.3 Å². The maximum atomic E-state index is 5.53. The first kappa shape index (κ1) is 14.9. The van der Waals surface area contributed by atoms with Crippen LogP contribution in [0, 0.1) is 0 Å².